The second kappa shape index (κ2) is 6.70. The van der Waals surface area contributed by atoms with E-state index in [1.807, 2.05) is 12.1 Å². The van der Waals surface area contributed by atoms with Crippen molar-refractivity contribution in [2.24, 2.45) is 5.92 Å². The van der Waals surface area contributed by atoms with Crippen LogP contribution in [0.4, 0.5) is 0 Å². The molecule has 1 saturated heterocycles. The Morgan fingerprint density at radius 3 is 2.62 bits per heavy atom. The van der Waals surface area contributed by atoms with Crippen LogP contribution in [-0.4, -0.2) is 23.4 Å². The fourth-order valence-corrected chi connectivity index (χ4v) is 4.28. The Bertz CT molecular complexity index is 528. The monoisotopic (exact) mass is 369 g/mol. The second-order valence-electron chi connectivity index (χ2n) is 6.24. The molecule has 1 heterocycles. The van der Waals surface area contributed by atoms with Crippen molar-refractivity contribution in [1.82, 2.24) is 4.90 Å². The molecule has 1 saturated carbocycles. The van der Waals surface area contributed by atoms with Crippen LogP contribution < -0.4 is 0 Å². The Kier molecular flexibility index (Phi) is 4.90. The summed E-state index contributed by atoms with van der Waals surface area (Å²) < 4.78 is 0.839. The largest absolute Gasteiger partial charge is 0.335 e. The SMILES string of the molecule is O=C(c1ccc(Br)c(Cl)c1)N1CCCC1C1CCCCC1. The van der Waals surface area contributed by atoms with Crippen molar-refractivity contribution in [2.45, 2.75) is 51.0 Å². The third kappa shape index (κ3) is 3.29. The van der Waals surface area contributed by atoms with Gasteiger partial charge < -0.3 is 4.90 Å². The van der Waals surface area contributed by atoms with Gasteiger partial charge in [0.05, 0.1) is 5.02 Å². The number of halogens is 2. The average molecular weight is 371 g/mol. The van der Waals surface area contributed by atoms with Gasteiger partial charge in [0, 0.05) is 22.6 Å². The van der Waals surface area contributed by atoms with Crippen LogP contribution in [0.15, 0.2) is 22.7 Å². The summed E-state index contributed by atoms with van der Waals surface area (Å²) in [5, 5.41) is 0.606. The highest BCUT2D eigenvalue weighted by Crippen LogP contribution is 2.35. The van der Waals surface area contributed by atoms with Crippen LogP contribution >= 0.6 is 27.5 Å². The molecule has 1 amide bonds. The molecule has 114 valence electrons. The molecule has 0 bridgehead atoms. The molecule has 1 aromatic rings. The molecule has 4 heteroatoms. The minimum atomic E-state index is 0.150. The Labute approximate surface area is 140 Å². The van der Waals surface area contributed by atoms with Gasteiger partial charge in [-0.3, -0.25) is 4.79 Å². The summed E-state index contributed by atoms with van der Waals surface area (Å²) in [5.41, 5.74) is 0.714. The van der Waals surface area contributed by atoms with E-state index in [0.717, 1.165) is 17.4 Å². The van der Waals surface area contributed by atoms with E-state index in [1.54, 1.807) is 6.07 Å². The van der Waals surface area contributed by atoms with Crippen molar-refractivity contribution in [3.05, 3.63) is 33.3 Å². The number of benzene rings is 1. The fraction of sp³-hybridized carbons (Fsp3) is 0.588. The first-order valence-corrected chi connectivity index (χ1v) is 9.10. The van der Waals surface area contributed by atoms with Crippen molar-refractivity contribution < 1.29 is 4.79 Å². The Morgan fingerprint density at radius 1 is 1.14 bits per heavy atom. The van der Waals surface area contributed by atoms with E-state index in [2.05, 4.69) is 20.8 Å². The lowest BCUT2D eigenvalue weighted by Gasteiger charge is -2.34. The minimum absolute atomic E-state index is 0.150. The zero-order valence-corrected chi connectivity index (χ0v) is 14.5. The quantitative estimate of drug-likeness (QED) is 0.693. The van der Waals surface area contributed by atoms with Crippen molar-refractivity contribution in [1.29, 1.82) is 0 Å². The van der Waals surface area contributed by atoms with E-state index >= 15 is 0 Å². The van der Waals surface area contributed by atoms with Crippen molar-refractivity contribution in [3.63, 3.8) is 0 Å². The third-order valence-corrected chi connectivity index (χ3v) is 6.15. The summed E-state index contributed by atoms with van der Waals surface area (Å²) >= 11 is 9.51. The van der Waals surface area contributed by atoms with E-state index in [1.165, 1.54) is 38.5 Å². The van der Waals surface area contributed by atoms with Crippen LogP contribution in [0.2, 0.25) is 5.02 Å². The molecule has 2 aliphatic rings. The van der Waals surface area contributed by atoms with Crippen molar-refractivity contribution in [2.75, 3.05) is 6.54 Å². The summed E-state index contributed by atoms with van der Waals surface area (Å²) in [4.78, 5) is 14.9. The molecule has 2 nitrogen and oxygen atoms in total. The summed E-state index contributed by atoms with van der Waals surface area (Å²) in [7, 11) is 0. The van der Waals surface area contributed by atoms with E-state index in [-0.39, 0.29) is 5.91 Å². The van der Waals surface area contributed by atoms with Crippen LogP contribution in [-0.2, 0) is 0 Å². The third-order valence-electron chi connectivity index (χ3n) is 4.92. The van der Waals surface area contributed by atoms with Gasteiger partial charge in [0.15, 0.2) is 0 Å². The number of likely N-dealkylation sites (tertiary alicyclic amines) is 1. The fourth-order valence-electron chi connectivity index (χ4n) is 3.85. The van der Waals surface area contributed by atoms with E-state index in [4.69, 9.17) is 11.6 Å². The number of carbonyl (C=O) groups excluding carboxylic acids is 1. The zero-order valence-electron chi connectivity index (χ0n) is 12.2. The van der Waals surface area contributed by atoms with E-state index in [9.17, 15) is 4.79 Å². The highest BCUT2D eigenvalue weighted by molar-refractivity contribution is 9.10. The number of hydrogen-bond donors (Lipinski definition) is 0. The molecule has 1 aliphatic carbocycles. The second-order valence-corrected chi connectivity index (χ2v) is 7.50. The molecule has 0 N–H and O–H groups in total. The van der Waals surface area contributed by atoms with Gasteiger partial charge in [-0.1, -0.05) is 30.9 Å². The molecular formula is C17H21BrClNO. The molecule has 1 aliphatic heterocycles. The van der Waals surface area contributed by atoms with E-state index < -0.39 is 0 Å². The first-order valence-electron chi connectivity index (χ1n) is 7.93. The molecule has 1 atom stereocenters. The maximum atomic E-state index is 12.8. The summed E-state index contributed by atoms with van der Waals surface area (Å²) in [6.07, 6.45) is 8.89. The zero-order chi connectivity index (χ0) is 14.8. The number of nitrogens with zero attached hydrogens (tertiary/aromatic N) is 1. The van der Waals surface area contributed by atoms with Gasteiger partial charge >= 0.3 is 0 Å². The molecule has 2 fully saturated rings. The number of amides is 1. The summed E-state index contributed by atoms with van der Waals surface area (Å²) in [5.74, 6) is 0.855. The summed E-state index contributed by atoms with van der Waals surface area (Å²) in [6.45, 7) is 0.897. The molecule has 0 aromatic heterocycles. The van der Waals surface area contributed by atoms with Crippen LogP contribution in [0.25, 0.3) is 0 Å². The van der Waals surface area contributed by atoms with Crippen LogP contribution in [0, 0.1) is 5.92 Å². The number of carbonyl (C=O) groups is 1. The highest BCUT2D eigenvalue weighted by atomic mass is 79.9. The number of hydrogen-bond acceptors (Lipinski definition) is 1. The predicted molar refractivity (Wildman–Crippen MR) is 89.8 cm³/mol. The molecule has 3 rings (SSSR count). The van der Waals surface area contributed by atoms with Gasteiger partial charge in [-0.05, 0) is 65.7 Å². The molecule has 0 radical (unpaired) electrons. The molecular weight excluding hydrogens is 350 g/mol. The summed E-state index contributed by atoms with van der Waals surface area (Å²) in [6, 6.07) is 5.96. The molecule has 1 aromatic carbocycles. The van der Waals surface area contributed by atoms with Gasteiger partial charge in [0.25, 0.3) is 5.91 Å². The smallest absolute Gasteiger partial charge is 0.254 e. The highest BCUT2D eigenvalue weighted by Gasteiger charge is 2.35. The van der Waals surface area contributed by atoms with Crippen molar-refractivity contribution in [3.8, 4) is 0 Å². The maximum Gasteiger partial charge on any atom is 0.254 e. The molecule has 21 heavy (non-hydrogen) atoms. The van der Waals surface area contributed by atoms with Crippen LogP contribution in [0.5, 0.6) is 0 Å². The normalized spacial score (nSPS) is 23.5. The lowest BCUT2D eigenvalue weighted by atomic mass is 9.83. The average Bonchev–Trinajstić information content (AvgIpc) is 2.99. The van der Waals surface area contributed by atoms with Crippen LogP contribution in [0.1, 0.15) is 55.3 Å². The van der Waals surface area contributed by atoms with Gasteiger partial charge in [-0.15, -0.1) is 0 Å². The Morgan fingerprint density at radius 2 is 1.90 bits per heavy atom. The first kappa shape index (κ1) is 15.4. The van der Waals surface area contributed by atoms with Gasteiger partial charge in [0.1, 0.15) is 0 Å². The van der Waals surface area contributed by atoms with Crippen LogP contribution in [0.3, 0.4) is 0 Å². The lowest BCUT2D eigenvalue weighted by molar-refractivity contribution is 0.0661. The first-order chi connectivity index (χ1) is 10.2. The minimum Gasteiger partial charge on any atom is -0.335 e. The van der Waals surface area contributed by atoms with E-state index in [0.29, 0.717) is 22.5 Å². The predicted octanol–water partition coefficient (Wildman–Crippen LogP) is 5.29. The van der Waals surface area contributed by atoms with Gasteiger partial charge in [0.2, 0.25) is 0 Å². The molecule has 1 unspecified atom stereocenters. The van der Waals surface area contributed by atoms with Crippen molar-refractivity contribution >= 4 is 33.4 Å². The van der Waals surface area contributed by atoms with Gasteiger partial charge in [-0.25, -0.2) is 0 Å². The van der Waals surface area contributed by atoms with Gasteiger partial charge in [-0.2, -0.15) is 0 Å². The Balaban J connectivity index is 1.77. The lowest BCUT2D eigenvalue weighted by Crippen LogP contribution is -2.40. The maximum absolute atomic E-state index is 12.8. The standard InChI is InChI=1S/C17H21BrClNO/c18-14-9-8-13(11-15(14)19)17(21)20-10-4-7-16(20)12-5-2-1-3-6-12/h8-9,11-12,16H,1-7,10H2. The topological polar surface area (TPSA) is 20.3 Å². The Hall–Kier alpha value is -0.540. The number of rotatable bonds is 2. The molecule has 0 spiro atoms.